The summed E-state index contributed by atoms with van der Waals surface area (Å²) in [7, 11) is 0. The summed E-state index contributed by atoms with van der Waals surface area (Å²) in [4.78, 5) is 8.80. The van der Waals surface area contributed by atoms with Gasteiger partial charge in [-0.05, 0) is 66.1 Å². The Morgan fingerprint density at radius 2 is 2.00 bits per heavy atom. The molecule has 0 aliphatic rings. The molecule has 2 heterocycles. The SMILES string of the molecule is CCc1cc(I)c2nc(Cl)c(-c3nc(C)no3)c(C)c2c1. The highest BCUT2D eigenvalue weighted by molar-refractivity contribution is 14.1. The van der Waals surface area contributed by atoms with Gasteiger partial charge in [0, 0.05) is 8.96 Å². The average Bonchev–Trinajstić information content (AvgIpc) is 2.86. The van der Waals surface area contributed by atoms with Crippen LogP contribution in [0.15, 0.2) is 16.7 Å². The van der Waals surface area contributed by atoms with E-state index in [9.17, 15) is 0 Å². The van der Waals surface area contributed by atoms with Crippen molar-refractivity contribution in [3.05, 3.63) is 37.8 Å². The number of rotatable bonds is 2. The Bertz CT molecular complexity index is 845. The van der Waals surface area contributed by atoms with Gasteiger partial charge < -0.3 is 4.52 Å². The molecule has 0 bridgehead atoms. The summed E-state index contributed by atoms with van der Waals surface area (Å²) in [5.74, 6) is 0.999. The third kappa shape index (κ3) is 2.53. The first-order valence-electron chi connectivity index (χ1n) is 6.60. The number of aromatic nitrogens is 3. The molecule has 108 valence electrons. The number of benzene rings is 1. The third-order valence-electron chi connectivity index (χ3n) is 3.47. The quantitative estimate of drug-likeness (QED) is 0.450. The summed E-state index contributed by atoms with van der Waals surface area (Å²) in [5, 5.41) is 5.30. The van der Waals surface area contributed by atoms with Gasteiger partial charge in [0.1, 0.15) is 5.15 Å². The minimum atomic E-state index is 0.394. The van der Waals surface area contributed by atoms with E-state index in [0.29, 0.717) is 22.4 Å². The van der Waals surface area contributed by atoms with Crippen LogP contribution in [0.25, 0.3) is 22.4 Å². The molecular formula is C15H13ClIN3O. The van der Waals surface area contributed by atoms with Crippen LogP contribution in [0.4, 0.5) is 0 Å². The lowest BCUT2D eigenvalue weighted by atomic mass is 10.0. The summed E-state index contributed by atoms with van der Waals surface area (Å²) in [6.07, 6.45) is 0.975. The lowest BCUT2D eigenvalue weighted by Crippen LogP contribution is -1.95. The van der Waals surface area contributed by atoms with Gasteiger partial charge in [-0.25, -0.2) is 4.98 Å². The molecule has 0 saturated heterocycles. The Morgan fingerprint density at radius 1 is 1.24 bits per heavy atom. The van der Waals surface area contributed by atoms with Gasteiger partial charge in [-0.3, -0.25) is 0 Å². The van der Waals surface area contributed by atoms with Gasteiger partial charge in [0.15, 0.2) is 5.82 Å². The molecule has 2 aromatic heterocycles. The highest BCUT2D eigenvalue weighted by atomic mass is 127. The maximum atomic E-state index is 6.36. The summed E-state index contributed by atoms with van der Waals surface area (Å²) in [6.45, 7) is 5.93. The number of fused-ring (bicyclic) bond motifs is 1. The van der Waals surface area contributed by atoms with E-state index in [4.69, 9.17) is 16.1 Å². The van der Waals surface area contributed by atoms with Gasteiger partial charge in [-0.15, -0.1) is 0 Å². The molecule has 3 rings (SSSR count). The maximum Gasteiger partial charge on any atom is 0.261 e. The van der Waals surface area contributed by atoms with Crippen LogP contribution in [0.5, 0.6) is 0 Å². The van der Waals surface area contributed by atoms with E-state index < -0.39 is 0 Å². The van der Waals surface area contributed by atoms with Crippen molar-refractivity contribution in [3.8, 4) is 11.5 Å². The fourth-order valence-corrected chi connectivity index (χ4v) is 3.47. The number of pyridine rings is 1. The molecular weight excluding hydrogens is 401 g/mol. The van der Waals surface area contributed by atoms with E-state index in [1.807, 2.05) is 6.92 Å². The zero-order valence-corrected chi connectivity index (χ0v) is 14.8. The number of aryl methyl sites for hydroxylation is 3. The minimum Gasteiger partial charge on any atom is -0.334 e. The second kappa shape index (κ2) is 5.53. The number of hydrogen-bond donors (Lipinski definition) is 0. The topological polar surface area (TPSA) is 51.8 Å². The molecule has 0 aliphatic heterocycles. The third-order valence-corrected chi connectivity index (χ3v) is 4.56. The summed E-state index contributed by atoms with van der Waals surface area (Å²) in [6, 6.07) is 4.30. The highest BCUT2D eigenvalue weighted by Crippen LogP contribution is 2.35. The molecule has 0 unspecified atom stereocenters. The fourth-order valence-electron chi connectivity index (χ4n) is 2.35. The normalized spacial score (nSPS) is 11.3. The Kier molecular flexibility index (Phi) is 3.88. The molecule has 1 aromatic carbocycles. The predicted octanol–water partition coefficient (Wildman–Crippen LogP) is 4.72. The molecule has 0 radical (unpaired) electrons. The van der Waals surface area contributed by atoms with Crippen molar-refractivity contribution in [2.24, 2.45) is 0 Å². The average molecular weight is 414 g/mol. The van der Waals surface area contributed by atoms with Crippen molar-refractivity contribution in [2.45, 2.75) is 27.2 Å². The van der Waals surface area contributed by atoms with Crippen LogP contribution in [-0.4, -0.2) is 15.1 Å². The van der Waals surface area contributed by atoms with Crippen molar-refractivity contribution in [3.63, 3.8) is 0 Å². The molecule has 4 nitrogen and oxygen atoms in total. The molecule has 0 fully saturated rings. The first-order chi connectivity index (χ1) is 10.0. The van der Waals surface area contributed by atoms with Crippen molar-refractivity contribution < 1.29 is 4.52 Å². The molecule has 0 atom stereocenters. The Hall–Kier alpha value is -1.21. The minimum absolute atomic E-state index is 0.394. The number of hydrogen-bond acceptors (Lipinski definition) is 4. The summed E-state index contributed by atoms with van der Waals surface area (Å²) >= 11 is 8.65. The number of nitrogens with zero attached hydrogens (tertiary/aromatic N) is 3. The Labute approximate surface area is 141 Å². The lowest BCUT2D eigenvalue weighted by Gasteiger charge is -2.11. The van der Waals surface area contributed by atoms with Crippen LogP contribution >= 0.6 is 34.2 Å². The molecule has 0 amide bonds. The highest BCUT2D eigenvalue weighted by Gasteiger charge is 2.19. The van der Waals surface area contributed by atoms with Gasteiger partial charge in [0.2, 0.25) is 0 Å². The lowest BCUT2D eigenvalue weighted by molar-refractivity contribution is 0.425. The first kappa shape index (κ1) is 14.7. The van der Waals surface area contributed by atoms with Crippen molar-refractivity contribution in [2.75, 3.05) is 0 Å². The van der Waals surface area contributed by atoms with E-state index in [-0.39, 0.29) is 0 Å². The van der Waals surface area contributed by atoms with E-state index in [1.54, 1.807) is 6.92 Å². The standard InChI is InChI=1S/C15H13ClIN3O/c1-4-9-5-10-7(2)12(15-18-8(3)20-21-15)14(16)19-13(10)11(17)6-9/h5-6H,4H2,1-3H3. The van der Waals surface area contributed by atoms with Gasteiger partial charge >= 0.3 is 0 Å². The van der Waals surface area contributed by atoms with Crippen LogP contribution < -0.4 is 0 Å². The van der Waals surface area contributed by atoms with E-state index >= 15 is 0 Å². The first-order valence-corrected chi connectivity index (χ1v) is 8.05. The molecule has 0 spiro atoms. The molecule has 21 heavy (non-hydrogen) atoms. The van der Waals surface area contributed by atoms with Crippen molar-refractivity contribution >= 4 is 45.1 Å². The second-order valence-electron chi connectivity index (χ2n) is 4.88. The second-order valence-corrected chi connectivity index (χ2v) is 6.40. The van der Waals surface area contributed by atoms with Crippen molar-refractivity contribution in [1.82, 2.24) is 15.1 Å². The zero-order valence-electron chi connectivity index (χ0n) is 11.9. The van der Waals surface area contributed by atoms with Gasteiger partial charge in [-0.2, -0.15) is 4.98 Å². The van der Waals surface area contributed by atoms with E-state index in [0.717, 1.165) is 26.5 Å². The van der Waals surface area contributed by atoms with Crippen LogP contribution in [0.2, 0.25) is 5.15 Å². The Balaban J connectivity index is 2.37. The monoisotopic (exact) mass is 413 g/mol. The fraction of sp³-hybridized carbons (Fsp3) is 0.267. The maximum absolute atomic E-state index is 6.36. The molecule has 0 aliphatic carbocycles. The van der Waals surface area contributed by atoms with Gasteiger partial charge in [0.05, 0.1) is 11.1 Å². The molecule has 0 N–H and O–H groups in total. The smallest absolute Gasteiger partial charge is 0.261 e. The van der Waals surface area contributed by atoms with Gasteiger partial charge in [0.25, 0.3) is 5.89 Å². The molecule has 0 saturated carbocycles. The van der Waals surface area contributed by atoms with Crippen LogP contribution in [0.1, 0.15) is 23.9 Å². The van der Waals surface area contributed by atoms with Crippen LogP contribution in [0.3, 0.4) is 0 Å². The van der Waals surface area contributed by atoms with E-state index in [1.165, 1.54) is 5.56 Å². The van der Waals surface area contributed by atoms with Gasteiger partial charge in [-0.1, -0.05) is 23.7 Å². The summed E-state index contributed by atoms with van der Waals surface area (Å²) in [5.41, 5.74) is 3.91. The molecule has 3 aromatic rings. The zero-order chi connectivity index (χ0) is 15.1. The van der Waals surface area contributed by atoms with Crippen LogP contribution in [-0.2, 0) is 6.42 Å². The summed E-state index contributed by atoms with van der Waals surface area (Å²) < 4.78 is 6.36. The van der Waals surface area contributed by atoms with Crippen molar-refractivity contribution in [1.29, 1.82) is 0 Å². The Morgan fingerprint density at radius 3 is 2.62 bits per heavy atom. The largest absolute Gasteiger partial charge is 0.334 e. The van der Waals surface area contributed by atoms with Crippen LogP contribution in [0, 0.1) is 17.4 Å². The van der Waals surface area contributed by atoms with E-state index in [2.05, 4.69) is 56.8 Å². The number of halogens is 2. The predicted molar refractivity (Wildman–Crippen MR) is 91.6 cm³/mol. The molecule has 6 heteroatoms.